The normalized spacial score (nSPS) is 10.6. The van der Waals surface area contributed by atoms with Crippen molar-refractivity contribution < 1.29 is 9.90 Å². The van der Waals surface area contributed by atoms with Crippen LogP contribution in [0.5, 0.6) is 0 Å². The van der Waals surface area contributed by atoms with Gasteiger partial charge in [0.1, 0.15) is 5.82 Å². The van der Waals surface area contributed by atoms with Gasteiger partial charge in [0.25, 0.3) is 5.91 Å². The Morgan fingerprint density at radius 3 is 2.65 bits per heavy atom. The molecule has 0 fully saturated rings. The van der Waals surface area contributed by atoms with Gasteiger partial charge in [0, 0.05) is 31.7 Å². The fourth-order valence-corrected chi connectivity index (χ4v) is 2.26. The van der Waals surface area contributed by atoms with Crippen LogP contribution >= 0.6 is 0 Å². The van der Waals surface area contributed by atoms with E-state index in [1.54, 1.807) is 18.1 Å². The Bertz CT molecular complexity index is 613. The van der Waals surface area contributed by atoms with Crippen LogP contribution in [-0.2, 0) is 0 Å². The predicted molar refractivity (Wildman–Crippen MR) is 80.0 cm³/mol. The fraction of sp³-hybridized carbons (Fsp3) is 0.333. The summed E-state index contributed by atoms with van der Waals surface area (Å²) in [6.07, 6.45) is 1.59. The van der Waals surface area contributed by atoms with Gasteiger partial charge in [-0.15, -0.1) is 0 Å². The predicted octanol–water partition coefficient (Wildman–Crippen LogP) is 1.73. The summed E-state index contributed by atoms with van der Waals surface area (Å²) in [4.78, 5) is 18.4. The average Bonchev–Trinajstić information content (AvgIpc) is 2.50. The third-order valence-electron chi connectivity index (χ3n) is 3.30. The largest absolute Gasteiger partial charge is 0.395 e. The molecule has 1 amide bonds. The first-order valence-electron chi connectivity index (χ1n) is 6.68. The molecule has 0 spiro atoms. The summed E-state index contributed by atoms with van der Waals surface area (Å²) < 4.78 is 0. The molecule has 2 aromatic rings. The van der Waals surface area contributed by atoms with E-state index < -0.39 is 0 Å². The molecule has 0 aliphatic rings. The minimum Gasteiger partial charge on any atom is -0.395 e. The Morgan fingerprint density at radius 1 is 1.35 bits per heavy atom. The summed E-state index contributed by atoms with van der Waals surface area (Å²) >= 11 is 0. The first-order valence-corrected chi connectivity index (χ1v) is 6.68. The highest BCUT2D eigenvalue weighted by Gasteiger charge is 2.17. The quantitative estimate of drug-likeness (QED) is 0.870. The van der Waals surface area contributed by atoms with E-state index in [9.17, 15) is 4.79 Å². The van der Waals surface area contributed by atoms with Crippen molar-refractivity contribution in [1.29, 1.82) is 0 Å². The summed E-state index contributed by atoms with van der Waals surface area (Å²) in [5, 5.41) is 13.9. The molecule has 5 heteroatoms. The van der Waals surface area contributed by atoms with Crippen molar-refractivity contribution in [1.82, 2.24) is 9.88 Å². The number of carbonyl (C=O) groups excluding carboxylic acids is 1. The standard InChI is InChI=1S/C15H19N3O2/c1-3-18(8-9-19)15(20)13-10-17-14(16-2)12-7-5-4-6-11(12)13/h4-7,10,19H,3,8-9H2,1-2H3,(H,16,17). The van der Waals surface area contributed by atoms with Gasteiger partial charge in [0.15, 0.2) is 0 Å². The number of hydrogen-bond donors (Lipinski definition) is 2. The summed E-state index contributed by atoms with van der Waals surface area (Å²) in [6.45, 7) is 2.74. The minimum absolute atomic E-state index is 0.0421. The number of aromatic nitrogens is 1. The zero-order chi connectivity index (χ0) is 14.5. The summed E-state index contributed by atoms with van der Waals surface area (Å²) in [5.74, 6) is 0.648. The number of hydrogen-bond acceptors (Lipinski definition) is 4. The van der Waals surface area contributed by atoms with Gasteiger partial charge in [0.05, 0.1) is 12.2 Å². The molecular formula is C15H19N3O2. The SMILES string of the molecule is CCN(CCO)C(=O)c1cnc(NC)c2ccccc12. The maximum atomic E-state index is 12.5. The number of fused-ring (bicyclic) bond motifs is 1. The molecule has 0 unspecified atom stereocenters. The molecule has 0 radical (unpaired) electrons. The molecule has 1 aromatic heterocycles. The lowest BCUT2D eigenvalue weighted by molar-refractivity contribution is 0.0733. The molecule has 0 aliphatic heterocycles. The third kappa shape index (κ3) is 2.58. The van der Waals surface area contributed by atoms with Gasteiger partial charge < -0.3 is 15.3 Å². The van der Waals surface area contributed by atoms with E-state index in [1.165, 1.54) is 0 Å². The molecule has 1 heterocycles. The van der Waals surface area contributed by atoms with E-state index in [2.05, 4.69) is 10.3 Å². The van der Waals surface area contributed by atoms with Crippen molar-refractivity contribution in [3.05, 3.63) is 36.0 Å². The molecule has 0 saturated carbocycles. The first-order chi connectivity index (χ1) is 9.72. The van der Waals surface area contributed by atoms with Crippen molar-refractivity contribution in [3.63, 3.8) is 0 Å². The van der Waals surface area contributed by atoms with Crippen molar-refractivity contribution in [3.8, 4) is 0 Å². The fourth-order valence-electron chi connectivity index (χ4n) is 2.26. The van der Waals surface area contributed by atoms with E-state index in [1.807, 2.05) is 31.2 Å². The van der Waals surface area contributed by atoms with Crippen molar-refractivity contribution in [2.45, 2.75) is 6.92 Å². The Balaban J connectivity index is 2.52. The van der Waals surface area contributed by atoms with Gasteiger partial charge in [-0.05, 0) is 12.3 Å². The van der Waals surface area contributed by atoms with Crippen molar-refractivity contribution in [2.24, 2.45) is 0 Å². The Hall–Kier alpha value is -2.14. The third-order valence-corrected chi connectivity index (χ3v) is 3.30. The second-order valence-corrected chi connectivity index (χ2v) is 4.42. The highest BCUT2D eigenvalue weighted by Crippen LogP contribution is 2.24. The lowest BCUT2D eigenvalue weighted by Crippen LogP contribution is -2.33. The van der Waals surface area contributed by atoms with E-state index in [0.717, 1.165) is 16.6 Å². The molecule has 106 valence electrons. The summed E-state index contributed by atoms with van der Waals surface area (Å²) in [5.41, 5.74) is 0.565. The summed E-state index contributed by atoms with van der Waals surface area (Å²) in [6, 6.07) is 7.68. The molecule has 5 nitrogen and oxygen atoms in total. The number of rotatable bonds is 5. The molecule has 20 heavy (non-hydrogen) atoms. The number of benzene rings is 1. The number of nitrogens with one attached hydrogen (secondary N) is 1. The van der Waals surface area contributed by atoms with Crippen LogP contribution in [0.3, 0.4) is 0 Å². The molecular weight excluding hydrogens is 254 g/mol. The molecule has 0 atom stereocenters. The van der Waals surface area contributed by atoms with E-state index in [4.69, 9.17) is 5.11 Å². The highest BCUT2D eigenvalue weighted by molar-refractivity contribution is 6.09. The zero-order valence-corrected chi connectivity index (χ0v) is 11.8. The number of amides is 1. The lowest BCUT2D eigenvalue weighted by atomic mass is 10.1. The van der Waals surface area contributed by atoms with E-state index in [0.29, 0.717) is 18.7 Å². The van der Waals surface area contributed by atoms with Gasteiger partial charge in [-0.1, -0.05) is 24.3 Å². The van der Waals surface area contributed by atoms with Gasteiger partial charge in [-0.2, -0.15) is 0 Å². The van der Waals surface area contributed by atoms with Crippen LogP contribution in [0, 0.1) is 0 Å². The first kappa shape index (κ1) is 14.3. The van der Waals surface area contributed by atoms with Crippen LogP contribution in [0.15, 0.2) is 30.5 Å². The second kappa shape index (κ2) is 6.34. The molecule has 1 aromatic carbocycles. The van der Waals surface area contributed by atoms with E-state index >= 15 is 0 Å². The number of aliphatic hydroxyl groups excluding tert-OH is 1. The highest BCUT2D eigenvalue weighted by atomic mass is 16.3. The van der Waals surface area contributed by atoms with E-state index in [-0.39, 0.29) is 12.5 Å². The number of anilines is 1. The molecule has 2 rings (SSSR count). The monoisotopic (exact) mass is 273 g/mol. The van der Waals surface area contributed by atoms with Crippen LogP contribution < -0.4 is 5.32 Å². The van der Waals surface area contributed by atoms with Gasteiger partial charge >= 0.3 is 0 Å². The van der Waals surface area contributed by atoms with Crippen molar-refractivity contribution >= 4 is 22.5 Å². The number of nitrogens with zero attached hydrogens (tertiary/aromatic N) is 2. The molecule has 0 aliphatic carbocycles. The Labute approximate surface area is 118 Å². The zero-order valence-electron chi connectivity index (χ0n) is 11.8. The number of carbonyl (C=O) groups is 1. The van der Waals surface area contributed by atoms with Crippen LogP contribution in [0.25, 0.3) is 10.8 Å². The topological polar surface area (TPSA) is 65.5 Å². The van der Waals surface area contributed by atoms with Crippen LogP contribution in [0.1, 0.15) is 17.3 Å². The Kier molecular flexibility index (Phi) is 4.53. The van der Waals surface area contributed by atoms with Crippen molar-refractivity contribution in [2.75, 3.05) is 32.1 Å². The number of likely N-dealkylation sites (N-methyl/N-ethyl adjacent to an activating group) is 1. The smallest absolute Gasteiger partial charge is 0.256 e. The van der Waals surface area contributed by atoms with Crippen LogP contribution in [0.4, 0.5) is 5.82 Å². The van der Waals surface area contributed by atoms with Crippen LogP contribution in [0.2, 0.25) is 0 Å². The Morgan fingerprint density at radius 2 is 2.05 bits per heavy atom. The summed E-state index contributed by atoms with van der Waals surface area (Å²) in [7, 11) is 1.81. The molecule has 0 saturated heterocycles. The lowest BCUT2D eigenvalue weighted by Gasteiger charge is -2.20. The van der Waals surface area contributed by atoms with Gasteiger partial charge in [0.2, 0.25) is 0 Å². The van der Waals surface area contributed by atoms with Gasteiger partial charge in [-0.25, -0.2) is 4.98 Å². The number of pyridine rings is 1. The molecule has 0 bridgehead atoms. The maximum absolute atomic E-state index is 12.5. The maximum Gasteiger partial charge on any atom is 0.256 e. The molecule has 2 N–H and O–H groups in total. The van der Waals surface area contributed by atoms with Crippen LogP contribution in [-0.4, -0.2) is 47.6 Å². The van der Waals surface area contributed by atoms with Gasteiger partial charge in [-0.3, -0.25) is 4.79 Å². The number of aliphatic hydroxyl groups is 1. The average molecular weight is 273 g/mol. The second-order valence-electron chi connectivity index (χ2n) is 4.42. The minimum atomic E-state index is -0.104.